The van der Waals surface area contributed by atoms with Gasteiger partial charge in [-0.15, -0.1) is 0 Å². The maximum atomic E-state index is 12.1. The molecular formula is C18H23N3O2. The molecule has 1 aliphatic carbocycles. The predicted molar refractivity (Wildman–Crippen MR) is 89.7 cm³/mol. The molecule has 1 unspecified atom stereocenters. The van der Waals surface area contributed by atoms with Crippen LogP contribution >= 0.6 is 0 Å². The predicted octanol–water partition coefficient (Wildman–Crippen LogP) is 1.94. The van der Waals surface area contributed by atoms with Crippen molar-refractivity contribution in [2.24, 2.45) is 5.92 Å². The summed E-state index contributed by atoms with van der Waals surface area (Å²) in [5, 5.41) is 0. The van der Waals surface area contributed by atoms with Gasteiger partial charge in [0.1, 0.15) is 0 Å². The summed E-state index contributed by atoms with van der Waals surface area (Å²) in [5.74, 6) is -0.306. The van der Waals surface area contributed by atoms with Gasteiger partial charge in [0.05, 0.1) is 6.54 Å². The Morgan fingerprint density at radius 2 is 2.04 bits per heavy atom. The van der Waals surface area contributed by atoms with Crippen LogP contribution in [0.5, 0.6) is 0 Å². The molecule has 1 heterocycles. The van der Waals surface area contributed by atoms with Crippen LogP contribution in [0.3, 0.4) is 0 Å². The van der Waals surface area contributed by atoms with Crippen molar-refractivity contribution in [2.75, 3.05) is 18.0 Å². The highest BCUT2D eigenvalue weighted by atomic mass is 16.2. The molecular weight excluding hydrogens is 290 g/mol. The third kappa shape index (κ3) is 3.92. The Balaban J connectivity index is 1.50. The van der Waals surface area contributed by atoms with Crippen molar-refractivity contribution in [3.05, 3.63) is 42.0 Å². The maximum absolute atomic E-state index is 12.1. The fraction of sp³-hybridized carbons (Fsp3) is 0.444. The first-order chi connectivity index (χ1) is 11.2. The Kier molecular flexibility index (Phi) is 4.95. The van der Waals surface area contributed by atoms with Gasteiger partial charge in [0.2, 0.25) is 5.91 Å². The van der Waals surface area contributed by atoms with E-state index in [-0.39, 0.29) is 24.3 Å². The lowest BCUT2D eigenvalue weighted by atomic mass is 9.94. The lowest BCUT2D eigenvalue weighted by Gasteiger charge is -2.30. The van der Waals surface area contributed by atoms with Crippen LogP contribution in [0.1, 0.15) is 31.2 Å². The highest BCUT2D eigenvalue weighted by Gasteiger charge is 2.21. The largest absolute Gasteiger partial charge is 0.362 e. The van der Waals surface area contributed by atoms with Crippen molar-refractivity contribution in [3.63, 3.8) is 0 Å². The Hall–Kier alpha value is -2.30. The van der Waals surface area contributed by atoms with Crippen molar-refractivity contribution < 1.29 is 9.59 Å². The van der Waals surface area contributed by atoms with Gasteiger partial charge >= 0.3 is 0 Å². The molecule has 2 amide bonds. The van der Waals surface area contributed by atoms with Gasteiger partial charge < -0.3 is 4.90 Å². The number of carbonyl (C=O) groups is 2. The number of allylic oxidation sites excluding steroid dienone is 2. The van der Waals surface area contributed by atoms with E-state index < -0.39 is 0 Å². The molecule has 0 spiro atoms. The van der Waals surface area contributed by atoms with Crippen LogP contribution in [0.25, 0.3) is 0 Å². The highest BCUT2D eigenvalue weighted by Crippen LogP contribution is 2.26. The van der Waals surface area contributed by atoms with Crippen LogP contribution < -0.4 is 15.8 Å². The summed E-state index contributed by atoms with van der Waals surface area (Å²) in [7, 11) is 0. The van der Waals surface area contributed by atoms with Crippen LogP contribution in [-0.2, 0) is 16.0 Å². The fourth-order valence-electron chi connectivity index (χ4n) is 3.25. The van der Waals surface area contributed by atoms with E-state index in [1.807, 2.05) is 18.2 Å². The second-order valence-electron chi connectivity index (χ2n) is 6.17. The topological polar surface area (TPSA) is 61.4 Å². The zero-order chi connectivity index (χ0) is 16.1. The number of rotatable bonds is 3. The average Bonchev–Trinajstić information content (AvgIpc) is 2.61. The first kappa shape index (κ1) is 15.6. The van der Waals surface area contributed by atoms with E-state index in [2.05, 4.69) is 34.0 Å². The SMILES string of the molecule is O=C(CN1CCCc2ccccc21)NNC(=O)C1CC=CCC1. The molecule has 0 radical (unpaired) electrons. The van der Waals surface area contributed by atoms with Crippen molar-refractivity contribution >= 4 is 17.5 Å². The number of fused-ring (bicyclic) bond motifs is 1. The molecule has 23 heavy (non-hydrogen) atoms. The number of hydrogen-bond donors (Lipinski definition) is 2. The quantitative estimate of drug-likeness (QED) is 0.662. The van der Waals surface area contributed by atoms with E-state index in [1.165, 1.54) is 5.56 Å². The van der Waals surface area contributed by atoms with Gasteiger partial charge in [0.15, 0.2) is 0 Å². The molecule has 122 valence electrons. The van der Waals surface area contributed by atoms with E-state index in [9.17, 15) is 9.59 Å². The van der Waals surface area contributed by atoms with Crippen LogP contribution in [-0.4, -0.2) is 24.9 Å². The molecule has 2 aliphatic rings. The molecule has 0 aromatic heterocycles. The number of aryl methyl sites for hydroxylation is 1. The summed E-state index contributed by atoms with van der Waals surface area (Å²) in [6, 6.07) is 8.18. The van der Waals surface area contributed by atoms with Gasteiger partial charge in [-0.1, -0.05) is 30.4 Å². The number of benzene rings is 1. The lowest BCUT2D eigenvalue weighted by molar-refractivity contribution is -0.130. The summed E-state index contributed by atoms with van der Waals surface area (Å²) < 4.78 is 0. The Morgan fingerprint density at radius 1 is 1.17 bits per heavy atom. The molecule has 1 atom stereocenters. The van der Waals surface area contributed by atoms with Gasteiger partial charge in [-0.2, -0.15) is 0 Å². The van der Waals surface area contributed by atoms with Crippen LogP contribution in [0.15, 0.2) is 36.4 Å². The molecule has 0 saturated heterocycles. The van der Waals surface area contributed by atoms with Gasteiger partial charge in [-0.25, -0.2) is 0 Å². The van der Waals surface area contributed by atoms with Crippen molar-refractivity contribution in [1.29, 1.82) is 0 Å². The first-order valence-electron chi connectivity index (χ1n) is 8.30. The van der Waals surface area contributed by atoms with Gasteiger partial charge in [-0.05, 0) is 43.7 Å². The van der Waals surface area contributed by atoms with Gasteiger partial charge in [0.25, 0.3) is 5.91 Å². The second-order valence-corrected chi connectivity index (χ2v) is 6.17. The third-order valence-corrected chi connectivity index (χ3v) is 4.51. The van der Waals surface area contributed by atoms with E-state index >= 15 is 0 Å². The van der Waals surface area contributed by atoms with E-state index in [4.69, 9.17) is 0 Å². The molecule has 0 bridgehead atoms. The monoisotopic (exact) mass is 313 g/mol. The minimum atomic E-state index is -0.179. The summed E-state index contributed by atoms with van der Waals surface area (Å²) in [6.07, 6.45) is 8.75. The number of hydrazine groups is 1. The number of anilines is 1. The van der Waals surface area contributed by atoms with Crippen LogP contribution in [0.4, 0.5) is 5.69 Å². The number of hydrogen-bond acceptors (Lipinski definition) is 3. The number of nitrogens with zero attached hydrogens (tertiary/aromatic N) is 1. The molecule has 1 aromatic carbocycles. The minimum absolute atomic E-state index is 0.0315. The van der Waals surface area contributed by atoms with Crippen LogP contribution in [0.2, 0.25) is 0 Å². The summed E-state index contributed by atoms with van der Waals surface area (Å²) >= 11 is 0. The number of carbonyl (C=O) groups excluding carboxylic acids is 2. The minimum Gasteiger partial charge on any atom is -0.362 e. The molecule has 0 saturated carbocycles. The summed E-state index contributed by atoms with van der Waals surface area (Å²) in [4.78, 5) is 26.2. The van der Waals surface area contributed by atoms with E-state index in [0.717, 1.165) is 44.3 Å². The molecule has 1 aromatic rings. The van der Waals surface area contributed by atoms with Crippen LogP contribution in [0, 0.1) is 5.92 Å². The molecule has 3 rings (SSSR count). The Morgan fingerprint density at radius 3 is 2.87 bits per heavy atom. The normalized spacial score (nSPS) is 19.8. The maximum Gasteiger partial charge on any atom is 0.257 e. The highest BCUT2D eigenvalue weighted by molar-refractivity contribution is 5.86. The first-order valence-corrected chi connectivity index (χ1v) is 8.30. The van der Waals surface area contributed by atoms with Gasteiger partial charge in [0, 0.05) is 18.2 Å². The number of amides is 2. The lowest BCUT2D eigenvalue weighted by Crippen LogP contribution is -2.49. The zero-order valence-electron chi connectivity index (χ0n) is 13.3. The van der Waals surface area contributed by atoms with Gasteiger partial charge in [-0.3, -0.25) is 20.4 Å². The Bertz CT molecular complexity index is 612. The van der Waals surface area contributed by atoms with Crippen molar-refractivity contribution in [3.8, 4) is 0 Å². The van der Waals surface area contributed by atoms with E-state index in [0.29, 0.717) is 0 Å². The smallest absolute Gasteiger partial charge is 0.257 e. The molecule has 5 heteroatoms. The second kappa shape index (κ2) is 7.31. The van der Waals surface area contributed by atoms with E-state index in [1.54, 1.807) is 0 Å². The number of para-hydroxylation sites is 1. The molecule has 2 N–H and O–H groups in total. The molecule has 5 nitrogen and oxygen atoms in total. The average molecular weight is 313 g/mol. The summed E-state index contributed by atoms with van der Waals surface area (Å²) in [5.41, 5.74) is 7.53. The van der Waals surface area contributed by atoms with Crippen molar-refractivity contribution in [1.82, 2.24) is 10.9 Å². The third-order valence-electron chi connectivity index (χ3n) is 4.51. The fourth-order valence-corrected chi connectivity index (χ4v) is 3.25. The summed E-state index contributed by atoms with van der Waals surface area (Å²) in [6.45, 7) is 1.13. The molecule has 1 aliphatic heterocycles. The Labute approximate surface area is 136 Å². The van der Waals surface area contributed by atoms with Crippen molar-refractivity contribution in [2.45, 2.75) is 32.1 Å². The zero-order valence-corrected chi connectivity index (χ0v) is 13.3. The standard InChI is InChI=1S/C18H23N3O2/c22-17(19-20-18(23)15-8-2-1-3-9-15)13-21-12-6-10-14-7-4-5-11-16(14)21/h1-2,4-5,7,11,15H,3,6,8-10,12-13H2,(H,19,22)(H,20,23). The molecule has 0 fully saturated rings. The number of nitrogens with one attached hydrogen (secondary N) is 2.